The van der Waals surface area contributed by atoms with Crippen molar-refractivity contribution in [1.82, 2.24) is 10.2 Å². The van der Waals surface area contributed by atoms with Gasteiger partial charge in [-0.25, -0.2) is 0 Å². The summed E-state index contributed by atoms with van der Waals surface area (Å²) >= 11 is 0. The molecule has 21 heavy (non-hydrogen) atoms. The summed E-state index contributed by atoms with van der Waals surface area (Å²) in [5.74, 6) is 1.00. The maximum atomic E-state index is 5.54. The zero-order chi connectivity index (χ0) is 15.1. The maximum Gasteiger partial charge on any atom is 0.123 e. The van der Waals surface area contributed by atoms with Gasteiger partial charge in [-0.2, -0.15) is 0 Å². The molecular formula is C18H30N2O. The molecule has 0 saturated carbocycles. The predicted octanol–water partition coefficient (Wildman–Crippen LogP) is 3.61. The standard InChI is InChI=1S/C18H30N2O/c1-4-13-20(14-16-9-7-8-12-19-16)15(2)17-10-5-6-11-18(17)21-3/h5-6,10-11,15-16,19H,4,7-9,12-14H2,1-3H3. The van der Waals surface area contributed by atoms with Crippen LogP contribution in [0.25, 0.3) is 0 Å². The third-order valence-corrected chi connectivity index (χ3v) is 4.51. The molecule has 1 heterocycles. The molecule has 3 heteroatoms. The van der Waals surface area contributed by atoms with E-state index in [4.69, 9.17) is 4.74 Å². The first-order valence-electron chi connectivity index (χ1n) is 8.36. The Bertz CT molecular complexity index is 415. The summed E-state index contributed by atoms with van der Waals surface area (Å²) in [6.07, 6.45) is 5.18. The highest BCUT2D eigenvalue weighted by molar-refractivity contribution is 5.35. The molecule has 1 aliphatic rings. The fourth-order valence-electron chi connectivity index (χ4n) is 3.30. The lowest BCUT2D eigenvalue weighted by Crippen LogP contribution is -2.44. The molecule has 0 aliphatic carbocycles. The second-order valence-electron chi connectivity index (χ2n) is 6.06. The highest BCUT2D eigenvalue weighted by atomic mass is 16.5. The van der Waals surface area contributed by atoms with Gasteiger partial charge >= 0.3 is 0 Å². The summed E-state index contributed by atoms with van der Waals surface area (Å²) in [7, 11) is 1.76. The van der Waals surface area contributed by atoms with Crippen LogP contribution in [0.2, 0.25) is 0 Å². The average molecular weight is 290 g/mol. The molecule has 0 spiro atoms. The van der Waals surface area contributed by atoms with Crippen molar-refractivity contribution in [3.05, 3.63) is 29.8 Å². The van der Waals surface area contributed by atoms with Crippen LogP contribution in [0.3, 0.4) is 0 Å². The van der Waals surface area contributed by atoms with Crippen molar-refractivity contribution in [3.63, 3.8) is 0 Å². The van der Waals surface area contributed by atoms with Crippen LogP contribution in [0.1, 0.15) is 51.1 Å². The summed E-state index contributed by atoms with van der Waals surface area (Å²) in [5, 5.41) is 3.67. The fourth-order valence-corrected chi connectivity index (χ4v) is 3.30. The first-order valence-corrected chi connectivity index (χ1v) is 8.36. The van der Waals surface area contributed by atoms with Crippen LogP contribution >= 0.6 is 0 Å². The van der Waals surface area contributed by atoms with Crippen molar-refractivity contribution >= 4 is 0 Å². The second kappa shape index (κ2) is 8.40. The Morgan fingerprint density at radius 1 is 1.33 bits per heavy atom. The zero-order valence-corrected chi connectivity index (χ0v) is 13.8. The first kappa shape index (κ1) is 16.3. The van der Waals surface area contributed by atoms with Crippen LogP contribution in [0.5, 0.6) is 5.75 Å². The van der Waals surface area contributed by atoms with Gasteiger partial charge in [0.2, 0.25) is 0 Å². The van der Waals surface area contributed by atoms with E-state index in [0.717, 1.165) is 18.8 Å². The molecule has 1 aromatic carbocycles. The number of methoxy groups -OCH3 is 1. The van der Waals surface area contributed by atoms with Gasteiger partial charge in [0.25, 0.3) is 0 Å². The molecule has 3 nitrogen and oxygen atoms in total. The molecule has 1 aliphatic heterocycles. The van der Waals surface area contributed by atoms with Gasteiger partial charge in [-0.1, -0.05) is 31.5 Å². The lowest BCUT2D eigenvalue weighted by molar-refractivity contribution is 0.173. The average Bonchev–Trinajstić information content (AvgIpc) is 2.54. The van der Waals surface area contributed by atoms with E-state index in [-0.39, 0.29) is 0 Å². The number of piperidine rings is 1. The predicted molar refractivity (Wildman–Crippen MR) is 88.9 cm³/mol. The number of hydrogen-bond donors (Lipinski definition) is 1. The van der Waals surface area contributed by atoms with Gasteiger partial charge in [0.05, 0.1) is 7.11 Å². The Kier molecular flexibility index (Phi) is 6.52. The molecule has 0 bridgehead atoms. The number of para-hydroxylation sites is 1. The maximum absolute atomic E-state index is 5.54. The quantitative estimate of drug-likeness (QED) is 0.830. The fraction of sp³-hybridized carbons (Fsp3) is 0.667. The summed E-state index contributed by atoms with van der Waals surface area (Å²) in [6, 6.07) is 9.45. The van der Waals surface area contributed by atoms with Crippen molar-refractivity contribution in [3.8, 4) is 5.75 Å². The molecule has 0 aromatic heterocycles. The number of hydrogen-bond acceptors (Lipinski definition) is 3. The molecule has 2 atom stereocenters. The van der Waals surface area contributed by atoms with Crippen LogP contribution in [0.4, 0.5) is 0 Å². The Balaban J connectivity index is 2.08. The van der Waals surface area contributed by atoms with Gasteiger partial charge in [0.15, 0.2) is 0 Å². The Labute approximate surface area is 129 Å². The van der Waals surface area contributed by atoms with Crippen LogP contribution in [0, 0.1) is 0 Å². The van der Waals surface area contributed by atoms with Crippen molar-refractivity contribution < 1.29 is 4.74 Å². The van der Waals surface area contributed by atoms with E-state index in [1.54, 1.807) is 7.11 Å². The monoisotopic (exact) mass is 290 g/mol. The van der Waals surface area contributed by atoms with E-state index < -0.39 is 0 Å². The number of rotatable bonds is 7. The molecule has 0 radical (unpaired) electrons. The summed E-state index contributed by atoms with van der Waals surface area (Å²) < 4.78 is 5.54. The molecule has 1 saturated heterocycles. The summed E-state index contributed by atoms with van der Waals surface area (Å²) in [5.41, 5.74) is 1.30. The molecule has 118 valence electrons. The lowest BCUT2D eigenvalue weighted by atomic mass is 10.0. The van der Waals surface area contributed by atoms with E-state index in [0.29, 0.717) is 12.1 Å². The van der Waals surface area contributed by atoms with E-state index in [2.05, 4.69) is 42.3 Å². The third-order valence-electron chi connectivity index (χ3n) is 4.51. The highest BCUT2D eigenvalue weighted by Gasteiger charge is 2.22. The summed E-state index contributed by atoms with van der Waals surface area (Å²) in [4.78, 5) is 2.60. The van der Waals surface area contributed by atoms with E-state index >= 15 is 0 Å². The van der Waals surface area contributed by atoms with E-state index in [9.17, 15) is 0 Å². The van der Waals surface area contributed by atoms with Crippen LogP contribution in [-0.4, -0.2) is 37.7 Å². The molecule has 2 rings (SSSR count). The number of nitrogens with zero attached hydrogens (tertiary/aromatic N) is 1. The van der Waals surface area contributed by atoms with Crippen LogP contribution < -0.4 is 10.1 Å². The molecule has 1 N–H and O–H groups in total. The van der Waals surface area contributed by atoms with Crippen molar-refractivity contribution in [2.75, 3.05) is 26.7 Å². The van der Waals surface area contributed by atoms with Crippen LogP contribution in [0.15, 0.2) is 24.3 Å². The minimum atomic E-state index is 0.393. The van der Waals surface area contributed by atoms with Gasteiger partial charge in [0, 0.05) is 24.2 Å². The van der Waals surface area contributed by atoms with Gasteiger partial charge in [-0.05, 0) is 45.3 Å². The third kappa shape index (κ3) is 4.45. The number of benzene rings is 1. The van der Waals surface area contributed by atoms with E-state index in [1.165, 1.54) is 37.8 Å². The minimum absolute atomic E-state index is 0.393. The Hall–Kier alpha value is -1.06. The molecule has 2 unspecified atom stereocenters. The lowest BCUT2D eigenvalue weighted by Gasteiger charge is -2.35. The SMILES string of the molecule is CCCN(CC1CCCCN1)C(C)c1ccccc1OC. The molecular weight excluding hydrogens is 260 g/mol. The van der Waals surface area contributed by atoms with Crippen molar-refractivity contribution in [2.45, 2.75) is 51.6 Å². The molecule has 0 amide bonds. The summed E-state index contributed by atoms with van der Waals surface area (Å²) in [6.45, 7) is 8.00. The minimum Gasteiger partial charge on any atom is -0.496 e. The largest absolute Gasteiger partial charge is 0.496 e. The Morgan fingerprint density at radius 3 is 2.81 bits per heavy atom. The smallest absolute Gasteiger partial charge is 0.123 e. The number of nitrogens with one attached hydrogen (secondary N) is 1. The van der Waals surface area contributed by atoms with Gasteiger partial charge in [-0.3, -0.25) is 4.90 Å². The van der Waals surface area contributed by atoms with Gasteiger partial charge < -0.3 is 10.1 Å². The topological polar surface area (TPSA) is 24.5 Å². The second-order valence-corrected chi connectivity index (χ2v) is 6.06. The zero-order valence-electron chi connectivity index (χ0n) is 13.8. The van der Waals surface area contributed by atoms with Gasteiger partial charge in [-0.15, -0.1) is 0 Å². The van der Waals surface area contributed by atoms with Gasteiger partial charge in [0.1, 0.15) is 5.75 Å². The first-order chi connectivity index (χ1) is 10.3. The van der Waals surface area contributed by atoms with E-state index in [1.807, 2.05) is 6.07 Å². The van der Waals surface area contributed by atoms with Crippen LogP contribution in [-0.2, 0) is 0 Å². The highest BCUT2D eigenvalue weighted by Crippen LogP contribution is 2.29. The van der Waals surface area contributed by atoms with Crippen molar-refractivity contribution in [2.24, 2.45) is 0 Å². The van der Waals surface area contributed by atoms with Crippen molar-refractivity contribution in [1.29, 1.82) is 0 Å². The Morgan fingerprint density at radius 2 is 2.14 bits per heavy atom. The normalized spacial score (nSPS) is 20.5. The number of ether oxygens (including phenoxy) is 1. The molecule has 1 fully saturated rings. The molecule has 1 aromatic rings.